The Hall–Kier alpha value is -4.26. The number of aromatic amines is 1. The van der Waals surface area contributed by atoms with Crippen LogP contribution in [-0.2, 0) is 4.79 Å². The Labute approximate surface area is 215 Å². The minimum Gasteiger partial charge on any atom is -0.338 e. The molecule has 1 aliphatic rings. The van der Waals surface area contributed by atoms with Gasteiger partial charge in [-0.2, -0.15) is 0 Å². The second-order valence-corrected chi connectivity index (χ2v) is 9.44. The molecule has 1 fully saturated rings. The van der Waals surface area contributed by atoms with E-state index in [1.165, 1.54) is 37.1 Å². The number of imidazole rings is 1. The molecule has 3 aromatic carbocycles. The molecule has 0 aliphatic heterocycles. The zero-order valence-electron chi connectivity index (χ0n) is 20.5. The first-order chi connectivity index (χ1) is 18.0. The number of carbonyl (C=O) groups excluding carboxylic acids is 2. The van der Waals surface area contributed by atoms with Crippen molar-refractivity contribution in [1.82, 2.24) is 9.97 Å². The first kappa shape index (κ1) is 24.4. The van der Waals surface area contributed by atoms with Gasteiger partial charge in [0.05, 0.1) is 11.9 Å². The number of carbonyl (C=O) groups is 2. The molecule has 5 rings (SSSR count). The lowest BCUT2D eigenvalue weighted by atomic mass is 9.99. The van der Waals surface area contributed by atoms with Crippen molar-refractivity contribution in [2.45, 2.75) is 38.5 Å². The molecule has 37 heavy (non-hydrogen) atoms. The van der Waals surface area contributed by atoms with E-state index in [1.807, 2.05) is 36.4 Å². The molecule has 0 atom stereocenters. The Morgan fingerprint density at radius 3 is 2.00 bits per heavy atom. The fraction of sp³-hybridized carbons (Fsp3) is 0.233. The molecule has 2 amide bonds. The third-order valence-electron chi connectivity index (χ3n) is 6.79. The highest BCUT2D eigenvalue weighted by Crippen LogP contribution is 2.27. The summed E-state index contributed by atoms with van der Waals surface area (Å²) in [5.74, 6) is 0.251. The van der Waals surface area contributed by atoms with Gasteiger partial charge in [-0.25, -0.2) is 9.37 Å². The monoisotopic (exact) mass is 496 g/mol. The molecule has 188 valence electrons. The summed E-state index contributed by atoms with van der Waals surface area (Å²) in [6.45, 7) is 0. The van der Waals surface area contributed by atoms with Crippen LogP contribution in [0.3, 0.4) is 0 Å². The van der Waals surface area contributed by atoms with Crippen LogP contribution in [0.4, 0.5) is 15.8 Å². The molecule has 7 heteroatoms. The van der Waals surface area contributed by atoms with Gasteiger partial charge in [-0.3, -0.25) is 9.59 Å². The van der Waals surface area contributed by atoms with Crippen LogP contribution in [0, 0.1) is 11.7 Å². The maximum Gasteiger partial charge on any atom is 0.255 e. The summed E-state index contributed by atoms with van der Waals surface area (Å²) in [4.78, 5) is 32.8. The molecule has 0 bridgehead atoms. The molecule has 0 radical (unpaired) electrons. The average molecular weight is 497 g/mol. The second-order valence-electron chi connectivity index (χ2n) is 9.44. The van der Waals surface area contributed by atoms with Crippen LogP contribution in [0.25, 0.3) is 22.6 Å². The van der Waals surface area contributed by atoms with Crippen molar-refractivity contribution in [2.75, 3.05) is 10.6 Å². The van der Waals surface area contributed by atoms with E-state index < -0.39 is 0 Å². The van der Waals surface area contributed by atoms with Gasteiger partial charge in [-0.1, -0.05) is 37.8 Å². The topological polar surface area (TPSA) is 86.9 Å². The van der Waals surface area contributed by atoms with Crippen LogP contribution in [0.15, 0.2) is 79.0 Å². The Kier molecular flexibility index (Phi) is 7.40. The van der Waals surface area contributed by atoms with Crippen LogP contribution < -0.4 is 10.6 Å². The first-order valence-electron chi connectivity index (χ1n) is 12.7. The van der Waals surface area contributed by atoms with Crippen molar-refractivity contribution in [3.8, 4) is 22.6 Å². The smallest absolute Gasteiger partial charge is 0.255 e. The van der Waals surface area contributed by atoms with Gasteiger partial charge in [0.2, 0.25) is 5.91 Å². The summed E-state index contributed by atoms with van der Waals surface area (Å²) in [5.41, 5.74) is 4.52. The van der Waals surface area contributed by atoms with Crippen molar-refractivity contribution >= 4 is 23.2 Å². The number of halogens is 1. The molecular weight excluding hydrogens is 467 g/mol. The van der Waals surface area contributed by atoms with Gasteiger partial charge in [0, 0.05) is 28.4 Å². The third kappa shape index (κ3) is 6.12. The number of rotatable bonds is 6. The van der Waals surface area contributed by atoms with Crippen molar-refractivity contribution < 1.29 is 14.0 Å². The maximum absolute atomic E-state index is 13.1. The van der Waals surface area contributed by atoms with E-state index in [9.17, 15) is 14.0 Å². The highest BCUT2D eigenvalue weighted by molar-refractivity contribution is 6.04. The fourth-order valence-electron chi connectivity index (χ4n) is 4.65. The van der Waals surface area contributed by atoms with Gasteiger partial charge in [-0.05, 0) is 79.1 Å². The van der Waals surface area contributed by atoms with Crippen molar-refractivity contribution in [3.63, 3.8) is 0 Å². The Morgan fingerprint density at radius 1 is 0.757 bits per heavy atom. The van der Waals surface area contributed by atoms with Gasteiger partial charge >= 0.3 is 0 Å². The van der Waals surface area contributed by atoms with Crippen molar-refractivity contribution in [3.05, 3.63) is 90.4 Å². The van der Waals surface area contributed by atoms with Crippen LogP contribution in [-0.4, -0.2) is 21.8 Å². The van der Waals surface area contributed by atoms with Gasteiger partial charge in [0.25, 0.3) is 5.91 Å². The number of hydrogen-bond acceptors (Lipinski definition) is 3. The number of amides is 2. The number of nitrogens with one attached hydrogen (secondary N) is 3. The van der Waals surface area contributed by atoms with E-state index in [-0.39, 0.29) is 23.5 Å². The fourth-order valence-corrected chi connectivity index (χ4v) is 4.65. The molecule has 1 aliphatic carbocycles. The van der Waals surface area contributed by atoms with Crippen LogP contribution in [0.1, 0.15) is 48.9 Å². The summed E-state index contributed by atoms with van der Waals surface area (Å²) in [6, 6.07) is 20.5. The predicted octanol–water partition coefficient (Wildman–Crippen LogP) is 7.04. The van der Waals surface area contributed by atoms with Gasteiger partial charge in [0.15, 0.2) is 0 Å². The molecular formula is C30H29FN4O2. The molecule has 1 heterocycles. The highest BCUT2D eigenvalue weighted by Gasteiger charge is 2.20. The minimum atomic E-state index is -0.383. The highest BCUT2D eigenvalue weighted by atomic mass is 19.1. The summed E-state index contributed by atoms with van der Waals surface area (Å²) in [5, 5.41) is 5.88. The molecule has 1 saturated carbocycles. The summed E-state index contributed by atoms with van der Waals surface area (Å²) < 4.78 is 13.1. The maximum atomic E-state index is 13.1. The molecule has 3 N–H and O–H groups in total. The van der Waals surface area contributed by atoms with Crippen molar-refractivity contribution in [1.29, 1.82) is 0 Å². The molecule has 4 aromatic rings. The first-order valence-corrected chi connectivity index (χ1v) is 12.7. The quantitative estimate of drug-likeness (QED) is 0.250. The van der Waals surface area contributed by atoms with Crippen LogP contribution >= 0.6 is 0 Å². The lowest BCUT2D eigenvalue weighted by Crippen LogP contribution is -2.22. The van der Waals surface area contributed by atoms with E-state index in [0.717, 1.165) is 48.2 Å². The Morgan fingerprint density at radius 2 is 1.35 bits per heavy atom. The van der Waals surface area contributed by atoms with E-state index in [2.05, 4.69) is 20.6 Å². The van der Waals surface area contributed by atoms with Gasteiger partial charge < -0.3 is 15.6 Å². The largest absolute Gasteiger partial charge is 0.338 e. The summed E-state index contributed by atoms with van der Waals surface area (Å²) >= 11 is 0. The number of benzene rings is 3. The van der Waals surface area contributed by atoms with Gasteiger partial charge in [0.1, 0.15) is 11.6 Å². The lowest BCUT2D eigenvalue weighted by Gasteiger charge is -2.14. The van der Waals surface area contributed by atoms with E-state index in [4.69, 9.17) is 0 Å². The van der Waals surface area contributed by atoms with Gasteiger partial charge in [-0.15, -0.1) is 0 Å². The summed E-state index contributed by atoms with van der Waals surface area (Å²) in [6.07, 6.45) is 8.44. The van der Waals surface area contributed by atoms with E-state index in [0.29, 0.717) is 17.1 Å². The zero-order valence-corrected chi connectivity index (χ0v) is 20.5. The van der Waals surface area contributed by atoms with Crippen molar-refractivity contribution in [2.24, 2.45) is 5.92 Å². The van der Waals surface area contributed by atoms with E-state index >= 15 is 0 Å². The number of hydrogen-bond donors (Lipinski definition) is 3. The minimum absolute atomic E-state index is 0.111. The second kappa shape index (κ2) is 11.2. The number of aromatic nitrogens is 2. The average Bonchev–Trinajstić information content (AvgIpc) is 3.24. The number of nitrogens with zero attached hydrogens (tertiary/aromatic N) is 1. The number of anilines is 2. The number of H-pyrrole nitrogens is 1. The third-order valence-corrected chi connectivity index (χ3v) is 6.79. The molecule has 1 aromatic heterocycles. The molecule has 0 saturated heterocycles. The van der Waals surface area contributed by atoms with Crippen LogP contribution in [0.5, 0.6) is 0 Å². The van der Waals surface area contributed by atoms with E-state index in [1.54, 1.807) is 18.3 Å². The SMILES string of the molecule is O=C(Nc1ccc(-c2ncc(-c3ccc(NC(=O)C4CCCCCC4)cc3)[nH]2)cc1)c1ccc(F)cc1. The molecule has 6 nitrogen and oxygen atoms in total. The summed E-state index contributed by atoms with van der Waals surface area (Å²) in [7, 11) is 0. The molecule has 0 spiro atoms. The lowest BCUT2D eigenvalue weighted by molar-refractivity contribution is -0.120. The Balaban J connectivity index is 1.20. The van der Waals surface area contributed by atoms with Crippen LogP contribution in [0.2, 0.25) is 0 Å². The normalized spacial score (nSPS) is 14.1. The predicted molar refractivity (Wildman–Crippen MR) is 144 cm³/mol. The standard InChI is InChI=1S/C30H29FN4O2/c31-24-13-7-23(8-14-24)30(37)34-26-17-11-21(12-18-26)28-32-19-27(35-28)20-9-15-25(16-10-20)33-29(36)22-5-3-1-2-4-6-22/h7-19,22H,1-6H2,(H,32,35)(H,33,36)(H,34,37). The Bertz CT molecular complexity index is 1350. The molecule has 0 unspecified atom stereocenters. The zero-order chi connectivity index (χ0) is 25.6.